The Bertz CT molecular complexity index is 1150. The molecule has 1 aromatic carbocycles. The second-order valence-electron chi connectivity index (χ2n) is 9.96. The van der Waals surface area contributed by atoms with Crippen LogP contribution in [0.5, 0.6) is 0 Å². The van der Waals surface area contributed by atoms with Crippen molar-refractivity contribution in [3.63, 3.8) is 0 Å². The van der Waals surface area contributed by atoms with Crippen molar-refractivity contribution in [2.75, 3.05) is 19.8 Å². The molecule has 0 radical (unpaired) electrons. The van der Waals surface area contributed by atoms with Crippen molar-refractivity contribution in [2.24, 2.45) is 0 Å². The van der Waals surface area contributed by atoms with Crippen LogP contribution in [0.4, 0.5) is 4.79 Å². The highest BCUT2D eigenvalue weighted by molar-refractivity contribution is 6.00. The van der Waals surface area contributed by atoms with Crippen LogP contribution >= 0.6 is 0 Å². The van der Waals surface area contributed by atoms with Crippen molar-refractivity contribution in [3.05, 3.63) is 41.5 Å². The molecule has 0 N–H and O–H groups in total. The van der Waals surface area contributed by atoms with Gasteiger partial charge in [0.2, 0.25) is 11.7 Å². The van der Waals surface area contributed by atoms with E-state index in [-0.39, 0.29) is 12.1 Å². The van der Waals surface area contributed by atoms with Crippen LogP contribution in [-0.4, -0.2) is 51.9 Å². The Morgan fingerprint density at radius 2 is 2.00 bits per heavy atom. The second-order valence-corrected chi connectivity index (χ2v) is 9.96. The van der Waals surface area contributed by atoms with Gasteiger partial charge in [0, 0.05) is 44.8 Å². The lowest BCUT2D eigenvalue weighted by atomic mass is 10.1. The summed E-state index contributed by atoms with van der Waals surface area (Å²) < 4.78 is 14.4. The van der Waals surface area contributed by atoms with Gasteiger partial charge in [0.1, 0.15) is 11.4 Å². The second kappa shape index (κ2) is 10.2. The van der Waals surface area contributed by atoms with Gasteiger partial charge < -0.3 is 24.1 Å². The van der Waals surface area contributed by atoms with Crippen LogP contribution in [0, 0.1) is 5.21 Å². The molecule has 1 aliphatic rings. The summed E-state index contributed by atoms with van der Waals surface area (Å²) in [4.78, 5) is 19.6. The van der Waals surface area contributed by atoms with E-state index in [4.69, 9.17) is 14.5 Å². The fraction of sp³-hybridized carbons (Fsp3) is 0.577. The number of ether oxygens (including phenoxy) is 2. The maximum Gasteiger partial charge on any atom is 0.410 e. The summed E-state index contributed by atoms with van der Waals surface area (Å²) in [6.07, 6.45) is 5.54. The van der Waals surface area contributed by atoms with E-state index < -0.39 is 5.60 Å². The lowest BCUT2D eigenvalue weighted by molar-refractivity contribution is -0.575. The van der Waals surface area contributed by atoms with Gasteiger partial charge in [-0.05, 0) is 52.5 Å². The number of aromatic nitrogens is 3. The van der Waals surface area contributed by atoms with Crippen molar-refractivity contribution in [3.8, 4) is 0 Å². The Balaban J connectivity index is 1.51. The molecule has 0 aliphatic carbocycles. The zero-order valence-corrected chi connectivity index (χ0v) is 20.7. The molecule has 0 atom stereocenters. The van der Waals surface area contributed by atoms with Crippen molar-refractivity contribution < 1.29 is 19.0 Å². The zero-order chi connectivity index (χ0) is 24.3. The van der Waals surface area contributed by atoms with Crippen LogP contribution in [0.3, 0.4) is 0 Å². The van der Waals surface area contributed by atoms with E-state index >= 15 is 0 Å². The van der Waals surface area contributed by atoms with Gasteiger partial charge in [-0.2, -0.15) is 4.73 Å². The average Bonchev–Trinajstić information content (AvgIpc) is 3.16. The predicted octanol–water partition coefficient (Wildman–Crippen LogP) is 4.58. The van der Waals surface area contributed by atoms with Gasteiger partial charge in [-0.1, -0.05) is 19.1 Å². The van der Waals surface area contributed by atoms with Crippen LogP contribution in [0.25, 0.3) is 21.9 Å². The molecule has 1 saturated heterocycles. The van der Waals surface area contributed by atoms with E-state index in [2.05, 4.69) is 11.5 Å². The first-order valence-corrected chi connectivity index (χ1v) is 12.4. The number of hydrogen-bond acceptors (Lipinski definition) is 5. The van der Waals surface area contributed by atoms with Crippen LogP contribution < -0.4 is 4.73 Å². The molecule has 34 heavy (non-hydrogen) atoms. The number of pyridine rings is 1. The van der Waals surface area contributed by atoms with Crippen LogP contribution in [0.2, 0.25) is 0 Å². The van der Waals surface area contributed by atoms with Gasteiger partial charge in [-0.25, -0.2) is 9.78 Å². The lowest BCUT2D eigenvalue weighted by Crippen LogP contribution is -2.46. The van der Waals surface area contributed by atoms with Gasteiger partial charge in [0.05, 0.1) is 10.9 Å². The number of imidazole rings is 1. The molecule has 3 heterocycles. The molecule has 1 aliphatic heterocycles. The Kier molecular flexibility index (Phi) is 7.26. The first-order chi connectivity index (χ1) is 16.3. The zero-order valence-electron chi connectivity index (χ0n) is 20.7. The maximum absolute atomic E-state index is 13.0. The average molecular weight is 469 g/mol. The van der Waals surface area contributed by atoms with E-state index in [1.807, 2.05) is 49.9 Å². The largest absolute Gasteiger partial charge is 0.618 e. The predicted molar refractivity (Wildman–Crippen MR) is 132 cm³/mol. The fourth-order valence-corrected chi connectivity index (χ4v) is 4.74. The summed E-state index contributed by atoms with van der Waals surface area (Å²) in [7, 11) is 0. The summed E-state index contributed by atoms with van der Waals surface area (Å²) in [5, 5.41) is 13.4. The van der Waals surface area contributed by atoms with Gasteiger partial charge in [-0.15, -0.1) is 0 Å². The molecular weight excluding hydrogens is 432 g/mol. The van der Waals surface area contributed by atoms with E-state index in [1.54, 1.807) is 6.20 Å². The smallest absolute Gasteiger partial charge is 0.410 e. The van der Waals surface area contributed by atoms with Gasteiger partial charge in [0.25, 0.3) is 0 Å². The Morgan fingerprint density at radius 3 is 2.71 bits per heavy atom. The number of nitrogens with zero attached hydrogens (tertiary/aromatic N) is 4. The minimum absolute atomic E-state index is 0.153. The fourth-order valence-electron chi connectivity index (χ4n) is 4.74. The van der Waals surface area contributed by atoms with Crippen molar-refractivity contribution >= 4 is 28.0 Å². The summed E-state index contributed by atoms with van der Waals surface area (Å²) in [5.74, 6) is 0.972. The number of rotatable bonds is 7. The molecule has 0 saturated carbocycles. The molecule has 3 aromatic rings. The first-order valence-electron chi connectivity index (χ1n) is 12.4. The summed E-state index contributed by atoms with van der Waals surface area (Å²) in [6.45, 7) is 10.6. The number of hydrogen-bond donors (Lipinski definition) is 0. The highest BCUT2D eigenvalue weighted by atomic mass is 16.6. The molecule has 8 nitrogen and oxygen atoms in total. The summed E-state index contributed by atoms with van der Waals surface area (Å²) in [5.41, 5.74) is 1.86. The van der Waals surface area contributed by atoms with Crippen molar-refractivity contribution in [1.29, 1.82) is 0 Å². The number of unbranched alkanes of at least 4 members (excludes halogenated alkanes) is 1. The van der Waals surface area contributed by atoms with Crippen LogP contribution in [0.1, 0.15) is 59.2 Å². The third-order valence-corrected chi connectivity index (χ3v) is 6.32. The molecule has 0 unspecified atom stereocenters. The topological polar surface area (TPSA) is 83.5 Å². The van der Waals surface area contributed by atoms with E-state index in [0.717, 1.165) is 65.6 Å². The number of benzene rings is 1. The van der Waals surface area contributed by atoms with Gasteiger partial charge in [-0.3, -0.25) is 0 Å². The highest BCUT2D eigenvalue weighted by Crippen LogP contribution is 2.25. The normalized spacial score (nSPS) is 15.2. The van der Waals surface area contributed by atoms with Gasteiger partial charge in [0.15, 0.2) is 5.52 Å². The minimum Gasteiger partial charge on any atom is -0.618 e. The number of carbonyl (C=O) groups excluding carboxylic acids is 1. The molecule has 8 heteroatoms. The third kappa shape index (κ3) is 5.27. The summed E-state index contributed by atoms with van der Waals surface area (Å²) in [6, 6.07) is 7.82. The molecule has 1 fully saturated rings. The van der Waals surface area contributed by atoms with E-state index in [9.17, 15) is 10.0 Å². The highest BCUT2D eigenvalue weighted by Gasteiger charge is 2.29. The van der Waals surface area contributed by atoms with E-state index in [1.165, 1.54) is 0 Å². The SMILES string of the molecule is CCc1nc2c[n+]([O-])c3ccccc3c2n1CCCCN(C(=O)OC(C)(C)C)C1CCOCC1. The van der Waals surface area contributed by atoms with Crippen LogP contribution in [-0.2, 0) is 22.4 Å². The van der Waals surface area contributed by atoms with Crippen LogP contribution in [0.15, 0.2) is 30.5 Å². The van der Waals surface area contributed by atoms with Gasteiger partial charge >= 0.3 is 6.09 Å². The molecular formula is C26H36N4O4. The minimum atomic E-state index is -0.522. The van der Waals surface area contributed by atoms with Crippen molar-refractivity contribution in [1.82, 2.24) is 14.5 Å². The number of fused-ring (bicyclic) bond motifs is 3. The number of carbonyl (C=O) groups is 1. The molecule has 4 rings (SSSR count). The molecule has 0 spiro atoms. The van der Waals surface area contributed by atoms with E-state index in [0.29, 0.717) is 25.3 Å². The Morgan fingerprint density at radius 1 is 1.26 bits per heavy atom. The quantitative estimate of drug-likeness (QED) is 0.288. The molecule has 0 bridgehead atoms. The molecule has 2 aromatic heterocycles. The molecule has 184 valence electrons. The standard InChI is InChI=1S/C26H36N4O4/c1-5-23-27-21-18-30(32)22-11-7-6-10-20(22)24(21)29(23)15-9-8-14-28(19-12-16-33-17-13-19)25(31)34-26(2,3)4/h6-7,10-11,18-19H,5,8-9,12-17H2,1-4H3. The summed E-state index contributed by atoms with van der Waals surface area (Å²) >= 11 is 0. The third-order valence-electron chi connectivity index (χ3n) is 6.32. The monoisotopic (exact) mass is 468 g/mol. The van der Waals surface area contributed by atoms with Crippen molar-refractivity contribution in [2.45, 2.75) is 78.0 Å². The number of aryl methyl sites for hydroxylation is 2. The Labute approximate surface area is 201 Å². The number of para-hydroxylation sites is 1. The molecule has 1 amide bonds. The Hall–Kier alpha value is -2.87. The maximum atomic E-state index is 13.0. The first kappa shape index (κ1) is 24.3. The number of amides is 1. The lowest BCUT2D eigenvalue weighted by Gasteiger charge is -2.35.